The number of hydrogen-bond donors (Lipinski definition) is 0. The third-order valence-corrected chi connectivity index (χ3v) is 11.4. The minimum absolute atomic E-state index is 0.709. The second kappa shape index (κ2) is 5.49. The lowest BCUT2D eigenvalue weighted by Gasteiger charge is -2.08. The summed E-state index contributed by atoms with van der Waals surface area (Å²) in [5.41, 5.74) is 0. The van der Waals surface area contributed by atoms with E-state index in [0.717, 1.165) is 0 Å². The summed E-state index contributed by atoms with van der Waals surface area (Å²) in [5.74, 6) is 2.44. The Kier molecular flexibility index (Phi) is 4.43. The minimum Gasteiger partial charge on any atom is -0.116 e. The van der Waals surface area contributed by atoms with Gasteiger partial charge in [0.2, 0.25) is 0 Å². The van der Waals surface area contributed by atoms with E-state index in [4.69, 9.17) is 23.2 Å². The summed E-state index contributed by atoms with van der Waals surface area (Å²) < 4.78 is 6.92. The van der Waals surface area contributed by atoms with E-state index in [1.54, 1.807) is 23.5 Å². The van der Waals surface area contributed by atoms with E-state index in [-0.39, 0.29) is 0 Å². The van der Waals surface area contributed by atoms with E-state index in [0.29, 0.717) is 8.73 Å². The Morgan fingerprint density at radius 3 is 1.56 bits per heavy atom. The van der Waals surface area contributed by atoms with Crippen LogP contribution in [0.4, 0.5) is 0 Å². The summed E-state index contributed by atoms with van der Waals surface area (Å²) in [4.78, 5) is 0. The van der Waals surface area contributed by atoms with Crippen LogP contribution in [-0.4, -0.2) is 11.5 Å². The van der Waals surface area contributed by atoms with Crippen molar-refractivity contribution >= 4 is 93.8 Å². The highest BCUT2D eigenvalue weighted by atomic mass is 35.5. The largest absolute Gasteiger partial charge is 0.116 e. The Morgan fingerprint density at radius 1 is 0.625 bits per heavy atom. The van der Waals surface area contributed by atoms with Crippen LogP contribution in [0.25, 0.3) is 0 Å². The molecule has 0 saturated carbocycles. The predicted molar refractivity (Wildman–Crippen MR) is 88.1 cm³/mol. The van der Waals surface area contributed by atoms with Crippen molar-refractivity contribution in [2.24, 2.45) is 0 Å². The predicted octanol–water partition coefficient (Wildman–Crippen LogP) is 6.28. The highest BCUT2D eigenvalue weighted by molar-refractivity contribution is 8.43. The molecule has 3 heterocycles. The molecule has 3 rings (SSSR count). The van der Waals surface area contributed by atoms with Crippen molar-refractivity contribution in [1.29, 1.82) is 0 Å². The minimum atomic E-state index is 0.709. The van der Waals surface area contributed by atoms with E-state index in [2.05, 4.69) is 0 Å². The van der Waals surface area contributed by atoms with Crippen molar-refractivity contribution in [1.82, 2.24) is 0 Å². The van der Waals surface area contributed by atoms with Crippen LogP contribution in [0.2, 0.25) is 0 Å². The lowest BCUT2D eigenvalue weighted by atomic mass is 11.0. The van der Waals surface area contributed by atoms with Gasteiger partial charge in [0, 0.05) is 11.5 Å². The van der Waals surface area contributed by atoms with E-state index in [1.165, 1.54) is 28.5 Å². The molecule has 0 atom stereocenters. The maximum Gasteiger partial charge on any atom is 0.104 e. The maximum absolute atomic E-state index is 6.00. The van der Waals surface area contributed by atoms with Crippen molar-refractivity contribution in [3.63, 3.8) is 0 Å². The number of hydrogen-bond acceptors (Lipinski definition) is 6. The van der Waals surface area contributed by atoms with E-state index >= 15 is 0 Å². The average molecular weight is 363 g/mol. The van der Waals surface area contributed by atoms with Crippen molar-refractivity contribution in [2.45, 2.75) is 0 Å². The molecule has 0 saturated heterocycles. The van der Waals surface area contributed by atoms with Crippen LogP contribution in [0.15, 0.2) is 25.7 Å². The molecule has 3 aliphatic rings. The van der Waals surface area contributed by atoms with Crippen LogP contribution in [0.1, 0.15) is 0 Å². The zero-order valence-corrected chi connectivity index (χ0v) is 14.0. The van der Waals surface area contributed by atoms with Gasteiger partial charge in [-0.15, -0.1) is 23.5 Å². The van der Waals surface area contributed by atoms with Crippen LogP contribution in [0.5, 0.6) is 0 Å². The Bertz CT molecular complexity index is 402. The fourth-order valence-electron chi connectivity index (χ4n) is 1.15. The molecule has 0 bridgehead atoms. The fourth-order valence-corrected chi connectivity index (χ4v) is 10.3. The van der Waals surface area contributed by atoms with Gasteiger partial charge in [0.25, 0.3) is 0 Å². The van der Waals surface area contributed by atoms with Crippen LogP contribution in [0.3, 0.4) is 0 Å². The smallest absolute Gasteiger partial charge is 0.104 e. The van der Waals surface area contributed by atoms with Crippen molar-refractivity contribution in [3.05, 3.63) is 25.7 Å². The van der Waals surface area contributed by atoms with Crippen molar-refractivity contribution < 1.29 is 0 Å². The number of rotatable bonds is 0. The second-order valence-corrected chi connectivity index (χ2v) is 11.3. The van der Waals surface area contributed by atoms with Gasteiger partial charge in [-0.1, -0.05) is 70.2 Å². The molecule has 0 spiro atoms. The normalized spacial score (nSPS) is 25.9. The SMILES string of the molecule is ClC1=C(Cl)SC(=C2SC3=C(SCCS3)S2)S1. The Balaban J connectivity index is 1.79. The van der Waals surface area contributed by atoms with Gasteiger partial charge in [-0.2, -0.15) is 0 Å². The molecule has 8 heteroatoms. The van der Waals surface area contributed by atoms with Crippen LogP contribution in [0, 0.1) is 0 Å². The van der Waals surface area contributed by atoms with Crippen LogP contribution >= 0.6 is 93.8 Å². The molecule has 16 heavy (non-hydrogen) atoms. The third-order valence-electron chi connectivity index (χ3n) is 1.77. The van der Waals surface area contributed by atoms with Crippen LogP contribution in [-0.2, 0) is 0 Å². The monoisotopic (exact) mass is 362 g/mol. The Labute approximate surface area is 130 Å². The van der Waals surface area contributed by atoms with Crippen LogP contribution < -0.4 is 0 Å². The first-order chi connectivity index (χ1) is 7.74. The third kappa shape index (κ3) is 2.59. The molecule has 3 aliphatic heterocycles. The Hall–Kier alpha value is 1.90. The molecule has 0 aromatic carbocycles. The molecule has 0 N–H and O–H groups in total. The summed E-state index contributed by atoms with van der Waals surface area (Å²) >= 11 is 22.9. The second-order valence-electron chi connectivity index (χ2n) is 2.80. The highest BCUT2D eigenvalue weighted by Crippen LogP contribution is 2.65. The first kappa shape index (κ1) is 12.9. The summed E-state index contributed by atoms with van der Waals surface area (Å²) in [6.07, 6.45) is 0. The topological polar surface area (TPSA) is 0 Å². The molecule has 0 amide bonds. The lowest BCUT2D eigenvalue weighted by molar-refractivity contribution is 1.56. The Morgan fingerprint density at radius 2 is 1.06 bits per heavy atom. The molecule has 0 unspecified atom stereocenters. The molecule has 0 aromatic rings. The molecule has 0 radical (unpaired) electrons. The van der Waals surface area contributed by atoms with Gasteiger partial charge in [-0.3, -0.25) is 0 Å². The lowest BCUT2D eigenvalue weighted by Crippen LogP contribution is -1.88. The summed E-state index contributed by atoms with van der Waals surface area (Å²) in [5, 5.41) is 0. The van der Waals surface area contributed by atoms with Gasteiger partial charge in [0.15, 0.2) is 0 Å². The first-order valence-electron chi connectivity index (χ1n) is 4.25. The fraction of sp³-hybridized carbons (Fsp3) is 0.250. The molecule has 86 valence electrons. The van der Waals surface area contributed by atoms with Crippen molar-refractivity contribution in [2.75, 3.05) is 11.5 Å². The number of thioether (sulfide) groups is 6. The maximum atomic E-state index is 6.00. The number of halogens is 2. The van der Waals surface area contributed by atoms with E-state index in [9.17, 15) is 0 Å². The van der Waals surface area contributed by atoms with Gasteiger partial charge in [-0.05, 0) is 0 Å². The molecule has 0 aliphatic carbocycles. The van der Waals surface area contributed by atoms with Gasteiger partial charge in [0.1, 0.15) is 8.73 Å². The zero-order chi connectivity index (χ0) is 11.1. The van der Waals surface area contributed by atoms with Gasteiger partial charge in [-0.25, -0.2) is 0 Å². The molecule has 0 fully saturated rings. The highest BCUT2D eigenvalue weighted by Gasteiger charge is 2.30. The summed E-state index contributed by atoms with van der Waals surface area (Å²) in [7, 11) is 0. The summed E-state index contributed by atoms with van der Waals surface area (Å²) in [6.45, 7) is 0. The first-order valence-corrected chi connectivity index (χ1v) is 10.2. The molecule has 0 nitrogen and oxygen atoms in total. The molecular formula is C8H4Cl2S6. The van der Waals surface area contributed by atoms with Gasteiger partial charge >= 0.3 is 0 Å². The molecular weight excluding hydrogens is 359 g/mol. The summed E-state index contributed by atoms with van der Waals surface area (Å²) in [6, 6.07) is 0. The van der Waals surface area contributed by atoms with E-state index < -0.39 is 0 Å². The van der Waals surface area contributed by atoms with E-state index in [1.807, 2.05) is 47.0 Å². The average Bonchev–Trinajstić information content (AvgIpc) is 2.83. The quantitative estimate of drug-likeness (QED) is 0.493. The van der Waals surface area contributed by atoms with Gasteiger partial charge < -0.3 is 0 Å². The standard InChI is InChI=1S/C8H4Cl2S6/c9-3-4(10)14-7(13-3)8-15-5-6(16-8)12-2-1-11-5/h1-2H2. The molecule has 0 aromatic heterocycles. The zero-order valence-electron chi connectivity index (χ0n) is 7.62. The van der Waals surface area contributed by atoms with Gasteiger partial charge in [0.05, 0.1) is 16.9 Å². The van der Waals surface area contributed by atoms with Crippen molar-refractivity contribution in [3.8, 4) is 0 Å².